The Labute approximate surface area is 129 Å². The van der Waals surface area contributed by atoms with E-state index < -0.39 is 11.9 Å². The molecule has 114 valence electrons. The second-order valence-electron chi connectivity index (χ2n) is 5.04. The van der Waals surface area contributed by atoms with Gasteiger partial charge in [-0.25, -0.2) is 9.59 Å². The van der Waals surface area contributed by atoms with Crippen molar-refractivity contribution in [1.82, 2.24) is 0 Å². The van der Waals surface area contributed by atoms with Crippen LogP contribution in [0.25, 0.3) is 11.1 Å². The monoisotopic (exact) mass is 298 g/mol. The van der Waals surface area contributed by atoms with E-state index in [1.165, 1.54) is 0 Å². The van der Waals surface area contributed by atoms with Crippen LogP contribution in [0.4, 0.5) is 0 Å². The Morgan fingerprint density at radius 1 is 0.818 bits per heavy atom. The summed E-state index contributed by atoms with van der Waals surface area (Å²) in [5.74, 6) is -2.43. The predicted molar refractivity (Wildman–Crippen MR) is 84.6 cm³/mol. The summed E-state index contributed by atoms with van der Waals surface area (Å²) in [6, 6.07) is 10.9. The lowest BCUT2D eigenvalue weighted by Gasteiger charge is -2.13. The van der Waals surface area contributed by atoms with Crippen LogP contribution in [0.15, 0.2) is 36.4 Å². The first-order chi connectivity index (χ1) is 10.5. The van der Waals surface area contributed by atoms with E-state index in [0.717, 1.165) is 12.0 Å². The topological polar surface area (TPSA) is 74.6 Å². The van der Waals surface area contributed by atoms with Crippen LogP contribution in [0.1, 0.15) is 45.7 Å². The SMILES string of the molecule is CCc1ccc(-c2ccc(CC)c(C(=O)O)c2C(=O)O)cc1. The molecule has 0 aromatic heterocycles. The Bertz CT molecular complexity index is 715. The van der Waals surface area contributed by atoms with E-state index in [1.54, 1.807) is 12.1 Å². The highest BCUT2D eigenvalue weighted by Crippen LogP contribution is 2.29. The van der Waals surface area contributed by atoms with Crippen LogP contribution in [0.5, 0.6) is 0 Å². The molecule has 2 aromatic carbocycles. The summed E-state index contributed by atoms with van der Waals surface area (Å²) in [6.07, 6.45) is 1.36. The third-order valence-electron chi connectivity index (χ3n) is 3.77. The van der Waals surface area contributed by atoms with Gasteiger partial charge in [-0.1, -0.05) is 50.2 Å². The third-order valence-corrected chi connectivity index (χ3v) is 3.77. The van der Waals surface area contributed by atoms with E-state index in [9.17, 15) is 19.8 Å². The molecule has 0 heterocycles. The van der Waals surface area contributed by atoms with Crippen molar-refractivity contribution in [3.8, 4) is 11.1 Å². The zero-order valence-corrected chi connectivity index (χ0v) is 12.6. The number of aryl methyl sites for hydroxylation is 2. The molecule has 0 spiro atoms. The summed E-state index contributed by atoms with van der Waals surface area (Å²) in [6.45, 7) is 3.85. The smallest absolute Gasteiger partial charge is 0.337 e. The van der Waals surface area contributed by atoms with Crippen molar-refractivity contribution >= 4 is 11.9 Å². The minimum absolute atomic E-state index is 0.118. The molecule has 0 aliphatic rings. The normalized spacial score (nSPS) is 10.5. The van der Waals surface area contributed by atoms with Gasteiger partial charge in [0, 0.05) is 0 Å². The van der Waals surface area contributed by atoms with Gasteiger partial charge in [0.15, 0.2) is 0 Å². The first-order valence-corrected chi connectivity index (χ1v) is 7.21. The number of carboxylic acids is 2. The maximum atomic E-state index is 11.6. The number of rotatable bonds is 5. The van der Waals surface area contributed by atoms with Crippen molar-refractivity contribution in [3.05, 3.63) is 58.7 Å². The Morgan fingerprint density at radius 2 is 1.41 bits per heavy atom. The first kappa shape index (κ1) is 15.8. The van der Waals surface area contributed by atoms with Crippen LogP contribution >= 0.6 is 0 Å². The van der Waals surface area contributed by atoms with Crippen molar-refractivity contribution in [1.29, 1.82) is 0 Å². The van der Waals surface area contributed by atoms with Crippen LogP contribution in [-0.2, 0) is 12.8 Å². The highest BCUT2D eigenvalue weighted by atomic mass is 16.4. The average molecular weight is 298 g/mol. The molecule has 2 N–H and O–H groups in total. The van der Waals surface area contributed by atoms with Gasteiger partial charge in [-0.3, -0.25) is 0 Å². The molecule has 4 heteroatoms. The number of carbonyl (C=O) groups is 2. The fourth-order valence-corrected chi connectivity index (χ4v) is 2.57. The molecule has 0 radical (unpaired) electrons. The quantitative estimate of drug-likeness (QED) is 0.878. The van der Waals surface area contributed by atoms with Crippen LogP contribution in [0.2, 0.25) is 0 Å². The molecular formula is C18H18O4. The lowest BCUT2D eigenvalue weighted by atomic mass is 9.90. The molecule has 0 fully saturated rings. The van der Waals surface area contributed by atoms with E-state index >= 15 is 0 Å². The van der Waals surface area contributed by atoms with E-state index in [1.807, 2.05) is 38.1 Å². The number of hydrogen-bond acceptors (Lipinski definition) is 2. The molecule has 0 saturated heterocycles. The zero-order valence-electron chi connectivity index (χ0n) is 12.6. The summed E-state index contributed by atoms with van der Waals surface area (Å²) in [7, 11) is 0. The maximum Gasteiger partial charge on any atom is 0.337 e. The molecule has 2 aromatic rings. The zero-order chi connectivity index (χ0) is 16.3. The molecule has 0 amide bonds. The van der Waals surface area contributed by atoms with E-state index in [4.69, 9.17) is 0 Å². The van der Waals surface area contributed by atoms with Crippen molar-refractivity contribution in [2.45, 2.75) is 26.7 Å². The van der Waals surface area contributed by atoms with Gasteiger partial charge in [0.1, 0.15) is 0 Å². The summed E-state index contributed by atoms with van der Waals surface area (Å²) in [4.78, 5) is 23.2. The number of aromatic carboxylic acids is 2. The molecular weight excluding hydrogens is 280 g/mol. The Balaban J connectivity index is 2.72. The molecule has 0 saturated carbocycles. The van der Waals surface area contributed by atoms with Crippen molar-refractivity contribution < 1.29 is 19.8 Å². The van der Waals surface area contributed by atoms with Crippen molar-refractivity contribution in [3.63, 3.8) is 0 Å². The van der Waals surface area contributed by atoms with E-state index in [2.05, 4.69) is 0 Å². The Hall–Kier alpha value is -2.62. The molecule has 0 aliphatic carbocycles. The Kier molecular flexibility index (Phi) is 4.61. The fourth-order valence-electron chi connectivity index (χ4n) is 2.57. The lowest BCUT2D eigenvalue weighted by Crippen LogP contribution is -2.13. The van der Waals surface area contributed by atoms with Gasteiger partial charge in [-0.2, -0.15) is 0 Å². The highest BCUT2D eigenvalue weighted by molar-refractivity contribution is 6.07. The standard InChI is InChI=1S/C18H18O4/c1-3-11-5-7-13(8-6-11)14-10-9-12(4-2)15(17(19)20)16(14)18(21)22/h5-10H,3-4H2,1-2H3,(H,19,20)(H,21,22). The van der Waals surface area contributed by atoms with E-state index in [-0.39, 0.29) is 11.1 Å². The molecule has 22 heavy (non-hydrogen) atoms. The van der Waals surface area contributed by atoms with Crippen LogP contribution in [-0.4, -0.2) is 22.2 Å². The summed E-state index contributed by atoms with van der Waals surface area (Å²) in [5.41, 5.74) is 2.55. The summed E-state index contributed by atoms with van der Waals surface area (Å²) in [5, 5.41) is 18.9. The van der Waals surface area contributed by atoms with Gasteiger partial charge in [0.25, 0.3) is 0 Å². The van der Waals surface area contributed by atoms with Crippen LogP contribution < -0.4 is 0 Å². The number of hydrogen-bond donors (Lipinski definition) is 2. The van der Waals surface area contributed by atoms with Gasteiger partial charge in [0.05, 0.1) is 11.1 Å². The predicted octanol–water partition coefficient (Wildman–Crippen LogP) is 3.87. The molecule has 4 nitrogen and oxygen atoms in total. The number of benzene rings is 2. The average Bonchev–Trinajstić information content (AvgIpc) is 2.53. The molecule has 0 bridgehead atoms. The van der Waals surface area contributed by atoms with Gasteiger partial charge < -0.3 is 10.2 Å². The van der Waals surface area contributed by atoms with Crippen molar-refractivity contribution in [2.24, 2.45) is 0 Å². The summed E-state index contributed by atoms with van der Waals surface area (Å²) < 4.78 is 0. The molecule has 0 atom stereocenters. The van der Waals surface area contributed by atoms with Gasteiger partial charge >= 0.3 is 11.9 Å². The second-order valence-corrected chi connectivity index (χ2v) is 5.04. The van der Waals surface area contributed by atoms with Crippen molar-refractivity contribution in [2.75, 3.05) is 0 Å². The highest BCUT2D eigenvalue weighted by Gasteiger charge is 2.23. The van der Waals surface area contributed by atoms with Gasteiger partial charge in [0.2, 0.25) is 0 Å². The van der Waals surface area contributed by atoms with Gasteiger partial charge in [-0.15, -0.1) is 0 Å². The Morgan fingerprint density at radius 3 is 1.86 bits per heavy atom. The maximum absolute atomic E-state index is 11.6. The minimum Gasteiger partial charge on any atom is -0.478 e. The minimum atomic E-state index is -1.22. The molecule has 0 unspecified atom stereocenters. The first-order valence-electron chi connectivity index (χ1n) is 7.21. The summed E-state index contributed by atoms with van der Waals surface area (Å²) >= 11 is 0. The lowest BCUT2D eigenvalue weighted by molar-refractivity contribution is 0.0651. The second kappa shape index (κ2) is 6.43. The van der Waals surface area contributed by atoms with E-state index in [0.29, 0.717) is 23.1 Å². The van der Waals surface area contributed by atoms with Crippen LogP contribution in [0, 0.1) is 0 Å². The molecule has 2 rings (SSSR count). The van der Waals surface area contributed by atoms with Gasteiger partial charge in [-0.05, 0) is 35.1 Å². The third kappa shape index (κ3) is 2.86. The fraction of sp³-hybridized carbons (Fsp3) is 0.222. The molecule has 0 aliphatic heterocycles. The largest absolute Gasteiger partial charge is 0.478 e. The van der Waals surface area contributed by atoms with Crippen LogP contribution in [0.3, 0.4) is 0 Å². The number of carboxylic acid groups (broad SMARTS) is 2.